The molecule has 2 fully saturated rings. The zero-order valence-electron chi connectivity index (χ0n) is 20.7. The number of amides is 4. The second-order valence-corrected chi connectivity index (χ2v) is 10.2. The van der Waals surface area contributed by atoms with Crippen LogP contribution in [0.4, 0.5) is 9.59 Å². The molecular weight excluding hydrogens is 488 g/mol. The minimum atomic E-state index is -1.14. The van der Waals surface area contributed by atoms with Gasteiger partial charge in [-0.2, -0.15) is 0 Å². The first-order valence-corrected chi connectivity index (χ1v) is 12.9. The minimum absolute atomic E-state index is 0.277. The maximum absolute atomic E-state index is 14.2. The molecule has 4 amide bonds. The summed E-state index contributed by atoms with van der Waals surface area (Å²) in [5.41, 5.74) is 2.41. The third-order valence-corrected chi connectivity index (χ3v) is 8.36. The molecule has 194 valence electrons. The normalized spacial score (nSPS) is 27.3. The second kappa shape index (κ2) is 8.68. The number of carbonyl (C=O) groups is 4. The van der Waals surface area contributed by atoms with Crippen LogP contribution in [0.2, 0.25) is 0 Å². The first-order valence-electron chi connectivity index (χ1n) is 12.9. The molecule has 6 aliphatic rings. The highest BCUT2D eigenvalue weighted by Crippen LogP contribution is 2.44. The quantitative estimate of drug-likeness (QED) is 0.430. The van der Waals surface area contributed by atoms with Gasteiger partial charge < -0.3 is 10.2 Å². The Morgan fingerprint density at radius 1 is 0.632 bits per heavy atom. The summed E-state index contributed by atoms with van der Waals surface area (Å²) in [5, 5.41) is 19.6. The monoisotopic (exact) mass is 516 g/mol. The van der Waals surface area contributed by atoms with Crippen LogP contribution in [0.25, 0.3) is 0 Å². The van der Waals surface area contributed by atoms with Crippen LogP contribution in [0.15, 0.2) is 71.4 Å². The van der Waals surface area contributed by atoms with Gasteiger partial charge in [0.1, 0.15) is 0 Å². The van der Waals surface area contributed by atoms with Crippen molar-refractivity contribution in [3.8, 4) is 12.1 Å². The summed E-state index contributed by atoms with van der Waals surface area (Å²) in [5.74, 6) is -0.727. The van der Waals surface area contributed by atoms with Gasteiger partial charge in [-0.3, -0.25) is 9.80 Å². The van der Waals surface area contributed by atoms with Gasteiger partial charge in [-0.05, 0) is 38.5 Å². The fraction of sp³-hybridized carbons (Fsp3) is 0.357. The van der Waals surface area contributed by atoms with Gasteiger partial charge in [0.25, 0.3) is 0 Å². The molecule has 0 aromatic carbocycles. The molecule has 0 aromatic heterocycles. The maximum atomic E-state index is 14.2. The summed E-state index contributed by atoms with van der Waals surface area (Å²) in [4.78, 5) is 54.8. The van der Waals surface area contributed by atoms with E-state index in [1.54, 1.807) is 48.6 Å². The van der Waals surface area contributed by atoms with Crippen molar-refractivity contribution >= 4 is 24.0 Å². The smallest absolute Gasteiger partial charge is 0.408 e. The molecule has 0 saturated carbocycles. The van der Waals surface area contributed by atoms with E-state index in [0.717, 1.165) is 12.8 Å². The van der Waals surface area contributed by atoms with Gasteiger partial charge >= 0.3 is 24.0 Å². The van der Waals surface area contributed by atoms with Crippen molar-refractivity contribution in [3.63, 3.8) is 0 Å². The van der Waals surface area contributed by atoms with Crippen molar-refractivity contribution < 1.29 is 38.4 Å². The molecule has 6 aliphatic heterocycles. The second-order valence-electron chi connectivity index (χ2n) is 10.2. The van der Waals surface area contributed by atoms with Gasteiger partial charge in [0.05, 0.1) is 0 Å². The van der Waals surface area contributed by atoms with Crippen LogP contribution in [-0.2, 0) is 9.59 Å². The van der Waals surface area contributed by atoms with Gasteiger partial charge in [0, 0.05) is 61.7 Å². The molecule has 0 aromatic rings. The standard InChI is InChI=1S/C28H26N4O6/c33-25(23-5-1-3-15-29(23)27(35)36)31(19-7-8-20(31)10-9-19)17-18-32(21-11-12-22(32)14-13-21)26(34)24-6-2-4-16-30(24)28(37)38/h7-14,23-24H,1-6,15-16H2/p+2/t23-,24-/m0/s1. The van der Waals surface area contributed by atoms with Gasteiger partial charge in [0.15, 0.2) is 34.9 Å². The Labute approximate surface area is 219 Å². The van der Waals surface area contributed by atoms with E-state index in [2.05, 4.69) is 12.1 Å². The van der Waals surface area contributed by atoms with Crippen molar-refractivity contribution in [3.05, 3.63) is 71.4 Å². The van der Waals surface area contributed by atoms with E-state index < -0.39 is 33.2 Å². The van der Waals surface area contributed by atoms with Crippen LogP contribution < -0.4 is 0 Å². The Balaban J connectivity index is 1.45. The lowest BCUT2D eigenvalue weighted by Crippen LogP contribution is -2.58. The molecule has 10 nitrogen and oxygen atoms in total. The number of rotatable bonds is 2. The first kappa shape index (κ1) is 24.2. The molecule has 2 saturated heterocycles. The zero-order chi connectivity index (χ0) is 26.7. The van der Waals surface area contributed by atoms with Gasteiger partial charge in [0.2, 0.25) is 12.1 Å². The molecule has 2 N–H and O–H groups in total. The predicted molar refractivity (Wildman–Crippen MR) is 134 cm³/mol. The molecular formula is C28H28N4O6+2. The summed E-state index contributed by atoms with van der Waals surface area (Å²) in [6.07, 6.45) is 15.7. The molecule has 0 aliphatic carbocycles. The number of piperidine rings is 2. The molecule has 6 rings (SSSR count). The number of carboxylic acid groups (broad SMARTS) is 2. The fourth-order valence-corrected chi connectivity index (χ4v) is 6.41. The maximum Gasteiger partial charge on any atom is 0.408 e. The van der Waals surface area contributed by atoms with E-state index in [4.69, 9.17) is 0 Å². The average molecular weight is 517 g/mol. The predicted octanol–water partition coefficient (Wildman–Crippen LogP) is 3.36. The number of fused-ring (bicyclic) bond motifs is 4. The fourth-order valence-electron chi connectivity index (χ4n) is 6.41. The molecule has 6 heterocycles. The highest BCUT2D eigenvalue weighted by atomic mass is 16.4. The van der Waals surface area contributed by atoms with E-state index in [0.29, 0.717) is 48.5 Å². The van der Waals surface area contributed by atoms with Crippen molar-refractivity contribution in [2.75, 3.05) is 13.1 Å². The lowest BCUT2D eigenvalue weighted by molar-refractivity contribution is -0.712. The Morgan fingerprint density at radius 2 is 0.974 bits per heavy atom. The van der Waals surface area contributed by atoms with Crippen molar-refractivity contribution in [2.45, 2.75) is 50.6 Å². The lowest BCUT2D eigenvalue weighted by Gasteiger charge is -2.36. The van der Waals surface area contributed by atoms with Crippen molar-refractivity contribution in [1.29, 1.82) is 0 Å². The highest BCUT2D eigenvalue weighted by molar-refractivity contribution is 5.86. The van der Waals surface area contributed by atoms with E-state index in [-0.39, 0.29) is 24.9 Å². The molecule has 0 radical (unpaired) electrons. The van der Waals surface area contributed by atoms with E-state index in [1.807, 2.05) is 0 Å². The van der Waals surface area contributed by atoms with Crippen molar-refractivity contribution in [1.82, 2.24) is 9.80 Å². The van der Waals surface area contributed by atoms with Crippen LogP contribution >= 0.6 is 0 Å². The molecule has 4 bridgehead atoms. The third-order valence-electron chi connectivity index (χ3n) is 8.36. The van der Waals surface area contributed by atoms with E-state index in [9.17, 15) is 29.4 Å². The third kappa shape index (κ3) is 3.22. The summed E-state index contributed by atoms with van der Waals surface area (Å²) in [7, 11) is 0. The number of nitrogens with zero attached hydrogens (tertiary/aromatic N) is 4. The lowest BCUT2D eigenvalue weighted by atomic mass is 10.00. The molecule has 2 atom stereocenters. The number of allylic oxidation sites excluding steroid dienone is 8. The van der Waals surface area contributed by atoms with Crippen LogP contribution in [0, 0.1) is 12.1 Å². The van der Waals surface area contributed by atoms with Crippen LogP contribution in [0.5, 0.6) is 0 Å². The Kier molecular flexibility index (Phi) is 5.52. The summed E-state index contributed by atoms with van der Waals surface area (Å²) in [6.45, 7) is 0.555. The number of likely N-dealkylation sites (tertiary alicyclic amines) is 2. The van der Waals surface area contributed by atoms with Crippen LogP contribution in [-0.4, -0.2) is 78.2 Å². The van der Waals surface area contributed by atoms with Gasteiger partial charge in [-0.25, -0.2) is 19.2 Å². The Bertz CT molecular complexity index is 1270. The largest absolute Gasteiger partial charge is 0.465 e. The number of quaternary nitrogens is 2. The number of hydrogen-bond donors (Lipinski definition) is 2. The van der Waals surface area contributed by atoms with Gasteiger partial charge in [-0.15, -0.1) is 8.97 Å². The Hall–Kier alpha value is -4.20. The van der Waals surface area contributed by atoms with Crippen LogP contribution in [0.3, 0.4) is 0 Å². The molecule has 38 heavy (non-hydrogen) atoms. The van der Waals surface area contributed by atoms with E-state index >= 15 is 0 Å². The SMILES string of the molecule is O=C(O)N1CCCC[C@H]1C(=O)[N+]1(C#C[N+]2(C(=O)[C@@H]3CCCCN3C(=O)O)C3=CC=C2C=C3)C2=CC=C1C=C2. The number of hydrogen-bond acceptors (Lipinski definition) is 4. The topological polar surface area (TPSA) is 115 Å². The molecule has 0 unspecified atom stereocenters. The minimum Gasteiger partial charge on any atom is -0.465 e. The van der Waals surface area contributed by atoms with Gasteiger partial charge in [-0.1, -0.05) is 0 Å². The first-order chi connectivity index (χ1) is 18.3. The van der Waals surface area contributed by atoms with Crippen LogP contribution in [0.1, 0.15) is 38.5 Å². The zero-order valence-corrected chi connectivity index (χ0v) is 20.7. The summed E-state index contributed by atoms with van der Waals surface area (Å²) < 4.78 is -0.953. The Morgan fingerprint density at radius 3 is 1.26 bits per heavy atom. The summed E-state index contributed by atoms with van der Waals surface area (Å²) in [6, 6.07) is 4.56. The highest BCUT2D eigenvalue weighted by Gasteiger charge is 2.58. The van der Waals surface area contributed by atoms with E-state index in [1.165, 1.54) is 9.80 Å². The molecule has 0 spiro atoms. The average Bonchev–Trinajstić information content (AvgIpc) is 3.68. The summed E-state index contributed by atoms with van der Waals surface area (Å²) >= 11 is 0. The molecule has 10 heteroatoms. The van der Waals surface area contributed by atoms with Crippen molar-refractivity contribution in [2.24, 2.45) is 0 Å². The number of carbonyl (C=O) groups excluding carboxylic acids is 2.